The highest BCUT2D eigenvalue weighted by Gasteiger charge is 2.29. The van der Waals surface area contributed by atoms with Gasteiger partial charge in [0.25, 0.3) is 0 Å². The zero-order valence-corrected chi connectivity index (χ0v) is 15.8. The molecule has 0 aliphatic heterocycles. The number of aromatic nitrogens is 2. The first kappa shape index (κ1) is 17.8. The van der Waals surface area contributed by atoms with Crippen LogP contribution >= 0.6 is 0 Å². The third-order valence-corrected chi connectivity index (χ3v) is 5.17. The largest absolute Gasteiger partial charge is 0.399 e. The third-order valence-electron chi connectivity index (χ3n) is 5.17. The van der Waals surface area contributed by atoms with Crippen molar-refractivity contribution in [3.63, 3.8) is 0 Å². The first-order chi connectivity index (χ1) is 14.5. The van der Waals surface area contributed by atoms with Crippen molar-refractivity contribution in [2.75, 3.05) is 11.1 Å². The van der Waals surface area contributed by atoms with Gasteiger partial charge in [0.2, 0.25) is 5.91 Å². The minimum Gasteiger partial charge on any atom is -0.399 e. The standard InChI is InChI=1S/C23H16N4O3/c24-14-6-5-13-11-25-27(20(13)9-14)12-21(28)26-15-7-8-18-19(10-15)23(30)17-4-2-1-3-16(17)22(18)29/h1-11H,12,24H2,(H,26,28). The molecule has 1 aliphatic carbocycles. The number of hydrogen-bond acceptors (Lipinski definition) is 5. The third kappa shape index (κ3) is 2.84. The zero-order chi connectivity index (χ0) is 20.8. The Bertz CT molecular complexity index is 1370. The lowest BCUT2D eigenvalue weighted by Crippen LogP contribution is -2.22. The van der Waals surface area contributed by atoms with Crippen LogP contribution in [-0.4, -0.2) is 27.3 Å². The van der Waals surface area contributed by atoms with Gasteiger partial charge in [-0.15, -0.1) is 0 Å². The molecule has 7 nitrogen and oxygen atoms in total. The molecule has 0 bridgehead atoms. The lowest BCUT2D eigenvalue weighted by Gasteiger charge is -2.18. The smallest absolute Gasteiger partial charge is 0.246 e. The molecule has 0 spiro atoms. The average molecular weight is 396 g/mol. The van der Waals surface area contributed by atoms with Crippen LogP contribution in [0.3, 0.4) is 0 Å². The van der Waals surface area contributed by atoms with Gasteiger partial charge in [0.05, 0.1) is 11.7 Å². The van der Waals surface area contributed by atoms with E-state index in [1.807, 2.05) is 6.07 Å². The van der Waals surface area contributed by atoms with Gasteiger partial charge in [0.1, 0.15) is 6.54 Å². The highest BCUT2D eigenvalue weighted by Crippen LogP contribution is 2.29. The summed E-state index contributed by atoms with van der Waals surface area (Å²) >= 11 is 0. The molecule has 3 N–H and O–H groups in total. The Balaban J connectivity index is 1.41. The van der Waals surface area contributed by atoms with Crippen molar-refractivity contribution in [1.82, 2.24) is 9.78 Å². The fraction of sp³-hybridized carbons (Fsp3) is 0.0435. The Labute approximate surface area is 171 Å². The topological polar surface area (TPSA) is 107 Å². The summed E-state index contributed by atoms with van der Waals surface area (Å²) in [6, 6.07) is 16.9. The van der Waals surface area contributed by atoms with Gasteiger partial charge in [-0.05, 0) is 36.4 Å². The van der Waals surface area contributed by atoms with Gasteiger partial charge in [-0.2, -0.15) is 5.10 Å². The number of anilines is 2. The normalized spacial score (nSPS) is 12.5. The summed E-state index contributed by atoms with van der Waals surface area (Å²) in [6.45, 7) is -0.0141. The molecule has 0 saturated carbocycles. The van der Waals surface area contributed by atoms with E-state index in [1.165, 1.54) is 0 Å². The van der Waals surface area contributed by atoms with Crippen LogP contribution in [-0.2, 0) is 11.3 Å². The Morgan fingerprint density at radius 1 is 0.900 bits per heavy atom. The van der Waals surface area contributed by atoms with E-state index >= 15 is 0 Å². The predicted molar refractivity (Wildman–Crippen MR) is 113 cm³/mol. The second-order valence-corrected chi connectivity index (χ2v) is 7.13. The predicted octanol–water partition coefficient (Wildman–Crippen LogP) is 3.03. The van der Waals surface area contributed by atoms with Crippen molar-refractivity contribution >= 4 is 39.8 Å². The summed E-state index contributed by atoms with van der Waals surface area (Å²) in [6.07, 6.45) is 1.67. The number of carbonyl (C=O) groups is 3. The number of benzene rings is 3. The van der Waals surface area contributed by atoms with Crippen molar-refractivity contribution in [3.05, 3.63) is 89.1 Å². The summed E-state index contributed by atoms with van der Waals surface area (Å²) < 4.78 is 1.56. The van der Waals surface area contributed by atoms with Gasteiger partial charge >= 0.3 is 0 Å². The van der Waals surface area contributed by atoms with Crippen LogP contribution in [0, 0.1) is 0 Å². The molecule has 30 heavy (non-hydrogen) atoms. The van der Waals surface area contributed by atoms with Gasteiger partial charge in [0, 0.05) is 39.0 Å². The zero-order valence-electron chi connectivity index (χ0n) is 15.8. The van der Waals surface area contributed by atoms with Crippen LogP contribution in [0.1, 0.15) is 31.8 Å². The Morgan fingerprint density at radius 2 is 1.60 bits per heavy atom. The monoisotopic (exact) mass is 396 g/mol. The van der Waals surface area contributed by atoms with E-state index in [-0.39, 0.29) is 29.6 Å². The number of carbonyl (C=O) groups excluding carboxylic acids is 3. The van der Waals surface area contributed by atoms with E-state index in [1.54, 1.807) is 65.5 Å². The second-order valence-electron chi connectivity index (χ2n) is 7.13. The van der Waals surface area contributed by atoms with Crippen molar-refractivity contribution < 1.29 is 14.4 Å². The molecule has 4 aromatic rings. The molecule has 0 unspecified atom stereocenters. The van der Waals surface area contributed by atoms with E-state index in [0.717, 1.165) is 10.9 Å². The quantitative estimate of drug-likeness (QED) is 0.456. The molecule has 1 amide bonds. The summed E-state index contributed by atoms with van der Waals surface area (Å²) in [5.41, 5.74) is 9.01. The lowest BCUT2D eigenvalue weighted by molar-refractivity contribution is -0.116. The minimum absolute atomic E-state index is 0.0141. The Hall–Kier alpha value is -4.26. The molecular formula is C23H16N4O3. The van der Waals surface area contributed by atoms with Crippen molar-refractivity contribution in [2.24, 2.45) is 0 Å². The average Bonchev–Trinajstić information content (AvgIpc) is 3.13. The Kier molecular flexibility index (Phi) is 3.96. The van der Waals surface area contributed by atoms with Crippen LogP contribution < -0.4 is 11.1 Å². The highest BCUT2D eigenvalue weighted by atomic mass is 16.2. The maximum Gasteiger partial charge on any atom is 0.246 e. The number of nitrogens with one attached hydrogen (secondary N) is 1. The highest BCUT2D eigenvalue weighted by molar-refractivity contribution is 6.28. The molecule has 1 aromatic heterocycles. The number of ketones is 2. The first-order valence-electron chi connectivity index (χ1n) is 9.34. The number of nitrogens with two attached hydrogens (primary N) is 1. The molecule has 3 aromatic carbocycles. The van der Waals surface area contributed by atoms with Crippen LogP contribution in [0.4, 0.5) is 11.4 Å². The molecule has 1 aliphatic rings. The summed E-state index contributed by atoms with van der Waals surface area (Å²) in [5, 5.41) is 7.89. The van der Waals surface area contributed by atoms with E-state index in [4.69, 9.17) is 5.73 Å². The summed E-state index contributed by atoms with van der Waals surface area (Å²) in [5.74, 6) is -0.735. The molecule has 1 heterocycles. The molecule has 0 radical (unpaired) electrons. The van der Waals surface area contributed by atoms with Crippen molar-refractivity contribution in [2.45, 2.75) is 6.54 Å². The molecule has 5 rings (SSSR count). The van der Waals surface area contributed by atoms with Gasteiger partial charge in [-0.3, -0.25) is 19.1 Å². The maximum atomic E-state index is 12.8. The van der Waals surface area contributed by atoms with E-state index in [9.17, 15) is 14.4 Å². The minimum atomic E-state index is -0.308. The fourth-order valence-electron chi connectivity index (χ4n) is 3.73. The molecule has 0 fully saturated rings. The first-order valence-corrected chi connectivity index (χ1v) is 9.34. The number of amides is 1. The second kappa shape index (κ2) is 6.66. The molecule has 7 heteroatoms. The number of nitrogens with zero attached hydrogens (tertiary/aromatic N) is 2. The van der Waals surface area contributed by atoms with Crippen LogP contribution in [0.25, 0.3) is 10.9 Å². The van der Waals surface area contributed by atoms with Gasteiger partial charge in [0.15, 0.2) is 11.6 Å². The van der Waals surface area contributed by atoms with Crippen LogP contribution in [0.5, 0.6) is 0 Å². The number of hydrogen-bond donors (Lipinski definition) is 2. The van der Waals surface area contributed by atoms with E-state index in [2.05, 4.69) is 10.4 Å². The van der Waals surface area contributed by atoms with Gasteiger partial charge in [-0.1, -0.05) is 24.3 Å². The van der Waals surface area contributed by atoms with Crippen molar-refractivity contribution in [1.29, 1.82) is 0 Å². The maximum absolute atomic E-state index is 12.8. The molecule has 146 valence electrons. The fourth-order valence-corrected chi connectivity index (χ4v) is 3.73. The lowest BCUT2D eigenvalue weighted by atomic mass is 9.84. The van der Waals surface area contributed by atoms with Crippen LogP contribution in [0.15, 0.2) is 66.9 Å². The molecule has 0 saturated heterocycles. The summed E-state index contributed by atoms with van der Waals surface area (Å²) in [4.78, 5) is 38.1. The Morgan fingerprint density at radius 3 is 2.37 bits per heavy atom. The molecule has 0 atom stereocenters. The van der Waals surface area contributed by atoms with Gasteiger partial charge < -0.3 is 11.1 Å². The summed E-state index contributed by atoms with van der Waals surface area (Å²) in [7, 11) is 0. The number of nitrogen functional groups attached to an aromatic ring is 1. The molecular weight excluding hydrogens is 380 g/mol. The number of fused-ring (bicyclic) bond motifs is 3. The number of rotatable bonds is 3. The van der Waals surface area contributed by atoms with Gasteiger partial charge in [-0.25, -0.2) is 0 Å². The van der Waals surface area contributed by atoms with Crippen LogP contribution in [0.2, 0.25) is 0 Å². The van der Waals surface area contributed by atoms with E-state index in [0.29, 0.717) is 28.1 Å². The SMILES string of the molecule is Nc1ccc2cnn(CC(=O)Nc3ccc4c(c3)C(=O)c3ccccc3C4=O)c2c1. The van der Waals surface area contributed by atoms with E-state index < -0.39 is 0 Å². The van der Waals surface area contributed by atoms with Crippen molar-refractivity contribution in [3.8, 4) is 0 Å².